The highest BCUT2D eigenvalue weighted by molar-refractivity contribution is 7.45. The molecule has 0 aliphatic heterocycles. The molecule has 3 atom stereocenters. The van der Waals surface area contributed by atoms with E-state index in [0.717, 1.165) is 103 Å². The average Bonchev–Trinajstić information content (AvgIpc) is 3.26. The van der Waals surface area contributed by atoms with Crippen molar-refractivity contribution in [2.45, 2.75) is 264 Å². The average molecular weight is 937 g/mol. The van der Waals surface area contributed by atoms with E-state index in [1.807, 2.05) is 33.3 Å². The first kappa shape index (κ1) is 63.2. The van der Waals surface area contributed by atoms with E-state index in [0.29, 0.717) is 17.4 Å². The van der Waals surface area contributed by atoms with Gasteiger partial charge in [-0.1, -0.05) is 199 Å². The molecular formula is C55H105N2O7P. The molecule has 1 N–H and O–H groups in total. The maximum Gasteiger partial charge on any atom is 0.306 e. The third kappa shape index (κ3) is 47.1. The molecule has 65 heavy (non-hydrogen) atoms. The molecule has 10 heteroatoms. The van der Waals surface area contributed by atoms with E-state index in [2.05, 4.69) is 50.4 Å². The lowest BCUT2D eigenvalue weighted by Crippen LogP contribution is -2.47. The van der Waals surface area contributed by atoms with Crippen molar-refractivity contribution < 1.29 is 37.3 Å². The highest BCUT2D eigenvalue weighted by atomic mass is 31.2. The van der Waals surface area contributed by atoms with Crippen molar-refractivity contribution in [3.05, 3.63) is 36.5 Å². The summed E-state index contributed by atoms with van der Waals surface area (Å²) in [5.74, 6) is -0.559. The van der Waals surface area contributed by atoms with E-state index < -0.39 is 26.6 Å². The Hall–Kier alpha value is -1.77. The summed E-state index contributed by atoms with van der Waals surface area (Å²) in [7, 11) is 1.18. The van der Waals surface area contributed by atoms with Crippen LogP contribution < -0.4 is 10.2 Å². The van der Waals surface area contributed by atoms with Gasteiger partial charge in [-0.15, -0.1) is 0 Å². The number of quaternary nitrogens is 1. The summed E-state index contributed by atoms with van der Waals surface area (Å²) in [5, 5.41) is 3.01. The molecule has 0 saturated heterocycles. The standard InChI is InChI=1S/C55H105N2O7P/c1-7-10-13-16-19-22-25-27-28-29-30-33-35-38-41-44-47-54(58)56-52(51-63-65(60,61)62-50-49-57(4,5)6)53(46-43-40-37-34-32-26-23-20-17-14-11-8-2)64-55(59)48-45-42-39-36-31-24-21-18-15-12-9-3/h18,21,28-29,43,46,52-53H,7-17,19-20,22-27,30-42,44-45,47-51H2,1-6H3,(H-,56,58,60,61)/b21-18-,29-28+,46-43-. The van der Waals surface area contributed by atoms with E-state index in [1.165, 1.54) is 116 Å². The molecule has 0 bridgehead atoms. The van der Waals surface area contributed by atoms with Crippen molar-refractivity contribution in [1.82, 2.24) is 5.32 Å². The third-order valence-corrected chi connectivity index (χ3v) is 13.0. The molecular weight excluding hydrogens is 832 g/mol. The summed E-state index contributed by atoms with van der Waals surface area (Å²) in [5.41, 5.74) is 0. The minimum atomic E-state index is -4.69. The number of rotatable bonds is 49. The van der Waals surface area contributed by atoms with Gasteiger partial charge >= 0.3 is 5.97 Å². The number of esters is 1. The van der Waals surface area contributed by atoms with E-state index in [4.69, 9.17) is 13.8 Å². The van der Waals surface area contributed by atoms with Crippen LogP contribution in [0.4, 0.5) is 0 Å². The number of allylic oxidation sites excluding steroid dienone is 5. The topological polar surface area (TPSA) is 114 Å². The summed E-state index contributed by atoms with van der Waals surface area (Å²) in [6, 6.07) is -0.891. The molecule has 0 heterocycles. The molecule has 1 amide bonds. The Morgan fingerprint density at radius 1 is 0.523 bits per heavy atom. The SMILES string of the molecule is CCCC/C=C\CCCCCCCC(=O)OC(/C=C\CCCCCCCCCCCC)C(COP(=O)([O-])OCC[N+](C)(C)C)NC(=O)CCCCCCC/C=C/CCCCCCCCC. The smallest absolute Gasteiger partial charge is 0.306 e. The van der Waals surface area contributed by atoms with Crippen molar-refractivity contribution >= 4 is 19.7 Å². The first-order valence-electron chi connectivity index (χ1n) is 27.3. The lowest BCUT2D eigenvalue weighted by Gasteiger charge is -2.30. The Morgan fingerprint density at radius 3 is 1.35 bits per heavy atom. The van der Waals surface area contributed by atoms with Crippen molar-refractivity contribution in [2.24, 2.45) is 0 Å². The minimum absolute atomic E-state index is 0.0241. The zero-order chi connectivity index (χ0) is 48.0. The number of phosphoric ester groups is 1. The first-order chi connectivity index (χ1) is 31.4. The number of hydrogen-bond donors (Lipinski definition) is 1. The van der Waals surface area contributed by atoms with Crippen LogP contribution in [-0.4, -0.2) is 69.4 Å². The van der Waals surface area contributed by atoms with E-state index >= 15 is 0 Å². The number of carbonyl (C=O) groups excluding carboxylic acids is 2. The predicted octanol–water partition coefficient (Wildman–Crippen LogP) is 15.4. The largest absolute Gasteiger partial charge is 0.756 e. The summed E-state index contributed by atoms with van der Waals surface area (Å²) < 4.78 is 30.1. The van der Waals surface area contributed by atoms with E-state index in [1.54, 1.807) is 0 Å². The molecule has 0 aromatic rings. The van der Waals surface area contributed by atoms with Gasteiger partial charge in [0.1, 0.15) is 19.3 Å². The fraction of sp³-hybridized carbons (Fsp3) is 0.855. The van der Waals surface area contributed by atoms with Gasteiger partial charge in [0, 0.05) is 12.8 Å². The van der Waals surface area contributed by atoms with E-state index in [9.17, 15) is 19.0 Å². The van der Waals surface area contributed by atoms with Crippen LogP contribution in [0.5, 0.6) is 0 Å². The van der Waals surface area contributed by atoms with Crippen LogP contribution in [0.3, 0.4) is 0 Å². The highest BCUT2D eigenvalue weighted by Crippen LogP contribution is 2.38. The summed E-state index contributed by atoms with van der Waals surface area (Å²) in [4.78, 5) is 39.7. The van der Waals surface area contributed by atoms with Gasteiger partial charge in [-0.2, -0.15) is 0 Å². The van der Waals surface area contributed by atoms with Crippen LogP contribution in [0.2, 0.25) is 0 Å². The van der Waals surface area contributed by atoms with Crippen LogP contribution in [-0.2, 0) is 27.9 Å². The van der Waals surface area contributed by atoms with Crippen molar-refractivity contribution in [1.29, 1.82) is 0 Å². The van der Waals surface area contributed by atoms with Gasteiger partial charge in [-0.3, -0.25) is 14.2 Å². The van der Waals surface area contributed by atoms with Gasteiger partial charge < -0.3 is 28.5 Å². The van der Waals surface area contributed by atoms with Crippen molar-refractivity contribution in [3.8, 4) is 0 Å². The Balaban J connectivity index is 5.39. The Morgan fingerprint density at radius 2 is 0.908 bits per heavy atom. The molecule has 382 valence electrons. The molecule has 9 nitrogen and oxygen atoms in total. The molecule has 0 aromatic carbocycles. The lowest BCUT2D eigenvalue weighted by atomic mass is 10.0. The monoisotopic (exact) mass is 937 g/mol. The predicted molar refractivity (Wildman–Crippen MR) is 275 cm³/mol. The molecule has 3 unspecified atom stereocenters. The van der Waals surface area contributed by atoms with Gasteiger partial charge in [0.25, 0.3) is 7.82 Å². The maximum absolute atomic E-state index is 13.4. The fourth-order valence-corrected chi connectivity index (χ4v) is 8.45. The second-order valence-corrected chi connectivity index (χ2v) is 21.1. The number of unbranched alkanes of at least 4 members (excludes halogenated alkanes) is 29. The van der Waals surface area contributed by atoms with E-state index in [-0.39, 0.29) is 24.9 Å². The van der Waals surface area contributed by atoms with Gasteiger partial charge in [-0.05, 0) is 76.7 Å². The summed E-state index contributed by atoms with van der Waals surface area (Å²) >= 11 is 0. The van der Waals surface area contributed by atoms with Crippen LogP contribution in [0.1, 0.15) is 252 Å². The van der Waals surface area contributed by atoms with Gasteiger partial charge in [0.05, 0.1) is 33.8 Å². The zero-order valence-corrected chi connectivity index (χ0v) is 44.3. The van der Waals surface area contributed by atoms with Crippen molar-refractivity contribution in [3.63, 3.8) is 0 Å². The highest BCUT2D eigenvalue weighted by Gasteiger charge is 2.27. The number of hydrogen-bond acceptors (Lipinski definition) is 7. The fourth-order valence-electron chi connectivity index (χ4n) is 7.73. The van der Waals surface area contributed by atoms with Crippen LogP contribution in [0.15, 0.2) is 36.5 Å². The number of ether oxygens (including phenoxy) is 1. The quantitative estimate of drug-likeness (QED) is 0.0212. The Labute approximate surface area is 402 Å². The van der Waals surface area contributed by atoms with Crippen LogP contribution >= 0.6 is 7.82 Å². The lowest BCUT2D eigenvalue weighted by molar-refractivity contribution is -0.870. The third-order valence-electron chi connectivity index (χ3n) is 12.0. The molecule has 0 saturated carbocycles. The number of nitrogens with zero attached hydrogens (tertiary/aromatic N) is 1. The van der Waals surface area contributed by atoms with Crippen LogP contribution in [0, 0.1) is 0 Å². The number of carbonyl (C=O) groups is 2. The number of amides is 1. The second kappa shape index (κ2) is 46.0. The Kier molecular flexibility index (Phi) is 44.7. The van der Waals surface area contributed by atoms with Gasteiger partial charge in [0.2, 0.25) is 5.91 Å². The molecule has 0 aliphatic rings. The number of likely N-dealkylation sites (N-methyl/N-ethyl adjacent to an activating group) is 1. The molecule has 0 spiro atoms. The first-order valence-corrected chi connectivity index (χ1v) is 28.8. The summed E-state index contributed by atoms with van der Waals surface area (Å²) in [6.07, 6.45) is 52.5. The number of phosphoric acid groups is 1. The van der Waals surface area contributed by atoms with Crippen LogP contribution in [0.25, 0.3) is 0 Å². The van der Waals surface area contributed by atoms with Crippen molar-refractivity contribution in [2.75, 3.05) is 40.9 Å². The maximum atomic E-state index is 13.4. The molecule has 0 aliphatic carbocycles. The number of nitrogens with one attached hydrogen (secondary N) is 1. The Bertz CT molecular complexity index is 1220. The molecule has 0 aromatic heterocycles. The zero-order valence-electron chi connectivity index (χ0n) is 43.4. The molecule has 0 fully saturated rings. The van der Waals surface area contributed by atoms with Gasteiger partial charge in [0.15, 0.2) is 0 Å². The minimum Gasteiger partial charge on any atom is -0.756 e. The normalized spacial score (nSPS) is 14.1. The second-order valence-electron chi connectivity index (χ2n) is 19.7. The molecule has 0 rings (SSSR count). The summed E-state index contributed by atoms with van der Waals surface area (Å²) in [6.45, 7) is 6.79. The van der Waals surface area contributed by atoms with Gasteiger partial charge in [-0.25, -0.2) is 0 Å². The molecule has 0 radical (unpaired) electrons.